The van der Waals surface area contributed by atoms with Gasteiger partial charge in [-0.2, -0.15) is 0 Å². The molecule has 22 aromatic carbocycles. The van der Waals surface area contributed by atoms with Gasteiger partial charge < -0.3 is 18.3 Å². The lowest BCUT2D eigenvalue weighted by Crippen LogP contribution is -2.74. The first-order valence-electron chi connectivity index (χ1n) is 88.0. The summed E-state index contributed by atoms with van der Waals surface area (Å²) in [7, 11) is -12.5. The number of para-hydroxylation sites is 6. The van der Waals surface area contributed by atoms with Gasteiger partial charge in [-0.1, -0.05) is 446 Å². The summed E-state index contributed by atoms with van der Waals surface area (Å²) in [6, 6.07) is -87.8. The van der Waals surface area contributed by atoms with E-state index >= 15 is 0 Å². The fourth-order valence-corrected chi connectivity index (χ4v) is 25.4. The average Bonchev–Trinajstić information content (AvgIpc) is 1.04. The van der Waals surface area contributed by atoms with Crippen LogP contribution in [0.4, 0.5) is 0 Å². The fraction of sp³-hybridized carbons (Fsp3) is 0.0217. The third-order valence-electron chi connectivity index (χ3n) is 23.3. The SMILES string of the molecule is [2H]c1c([2H])c(-c2c([2H])c([2H])c([2H])c(-n3c4c([2H])c([2H])c([2H])c([2H])c4c4c([2H])c(-n5c6c([2H])c([2H])c([2H])c([2H])c6c6c([2H])c([2H])c([2H])c([2H])c65)c([2H])c([2H])c43)c2[2H])c([2H])c(-c2c([2H])c([2H])c([2H])c3c2sc2c([2H])c(C)c([2H])c([2H])c23)c1[2H].[2H]c1c([2H])c([2H])c([Si](c2c([2H])c([2H])c([2H])c([2H])c2[2H])(c2c([2H])c([2H])c(C)c([2H])c2[2H])c2c([2H])c([2H])c([2H])c(-n3c4c([2H])c([2H])c([2H])c([2H])c4c4c([2H])c(-n5c6c([2H])c([2H])c([2H])c([2H])c6c6c([2H])c([2H])c([2H])c([2H])c65)c([2H])c([2H])c43)c2[2H])c([2H])c1[2H].[2H]c1cc([Si](c2c([2H])c([2H])c([2H])c([2H])c2[2H])(c2c([2H])c([2H])c(C)c([2H])c2[2H])c2c([2H])c([2H])c([2H])c(-c3nc(-c4c([2H])c([2H])c([2H])c([2H])c4[2H])nc(-c4c([2H])c([2H])c([2H])c([2H])c4[2H])n3)c2[2H])c([2H])c([2H])c1[2H]. The molecular formula is C138H99N7SSi2. The van der Waals surface area contributed by atoms with Crippen molar-refractivity contribution >= 4 is 176 Å². The van der Waals surface area contributed by atoms with Crippen molar-refractivity contribution in [3.8, 4) is 79.2 Å². The standard InChI is InChI=1S/C49H32N2S.C49H36N2Si.C40H31N3Si/c1-31-23-25-41-42-19-10-18-37(49(42)52-48(41)27-31)34-13-8-11-32(28-34)33-12-9-14-35(29-33)50-46-22-7-4-17-40(46)43-30-36(24-26-47(43)50)51-44-20-5-2-15-38(44)39-16-3-6-21-45(39)51;1-35-27-30-40(31-28-35)52(38-16-4-2-5-17-38,39-18-6-3-7-19-39)41-20-14-15-36(33-41)50-48-26-13-10-23-44(48)45-34-37(29-32-49(45)50)51-46-24-11-8-21-42(46)43-22-9-12-25-47(43)51;1-30-25-27-36(28-26-30)44(34-20-10-4-11-21-34,35-22-12-5-13-23-35)37-24-14-19-33(29-37)40-42-38(31-15-6-2-7-16-31)41-39(43-40)32-17-8-3-9-18-32/h2-30H,1H3;2-34H,1H3;2-29H,1H3/i2D,3D,4D,5D,6D,7D,8D,9D,10D,11D,12D,13D,14D,15D,16D,17D,18D,19D,20D,21D,22D,23D,24D,25D,26D,27D,28D,29D,30D;2D,3D,4D,5D,6D,7D,8D,9D,10D,11D,12D,13D,14D,15D,16D,17D,18D,19D,20D,21D,22D,23D,24D,25D,26D,27D,28D,29D,30D,31D,32D,33D,34D;2D,3D,4D,5D,6D,7D,8D,9D,10D,11D,12D,13D,14D,15D,16D,17D,18D,19D,20D,21D,22D,24D,25D,26D,27D,28D,29D. The molecule has 0 saturated carbocycles. The summed E-state index contributed by atoms with van der Waals surface area (Å²) in [4.78, 5) is 12.7. The largest absolute Gasteiger partial charge is 0.309 e. The minimum Gasteiger partial charge on any atom is -0.309 e. The molecule has 6 aromatic heterocycles. The molecule has 0 amide bonds. The number of benzene rings is 22. The predicted molar refractivity (Wildman–Crippen MR) is 632 cm³/mol. The second-order valence-electron chi connectivity index (χ2n) is 31.7. The number of fused-ring (bicyclic) bond motifs is 15. The Morgan fingerprint density at radius 3 is 0.959 bits per heavy atom. The molecule has 0 N–H and O–H groups in total. The van der Waals surface area contributed by atoms with Crippen molar-refractivity contribution in [2.24, 2.45) is 0 Å². The number of hydrogen-bond donors (Lipinski definition) is 0. The normalized spacial score (nSPS) is 20.5. The van der Waals surface area contributed by atoms with Gasteiger partial charge in [-0.3, -0.25) is 0 Å². The van der Waals surface area contributed by atoms with Crippen LogP contribution in [0.15, 0.2) is 544 Å². The first-order chi connectivity index (χ1) is 110. The molecule has 0 saturated heterocycles. The maximum absolute atomic E-state index is 10.5. The van der Waals surface area contributed by atoms with Crippen LogP contribution in [0, 0.1) is 20.8 Å². The molecule has 0 aliphatic rings. The molecule has 0 aliphatic heterocycles. The molecule has 0 spiro atoms. The van der Waals surface area contributed by atoms with Crippen LogP contribution in [0.1, 0.15) is 139 Å². The zero-order valence-electron chi connectivity index (χ0n) is 164. The Morgan fingerprint density at radius 2 is 0.493 bits per heavy atom. The smallest absolute Gasteiger partial charge is 0.179 e. The number of rotatable bonds is 17. The monoisotopic (exact) mass is 2030 g/mol. The summed E-state index contributed by atoms with van der Waals surface area (Å²) >= 11 is 0.741. The minimum atomic E-state index is -6.46. The Morgan fingerprint density at radius 1 is 0.189 bits per heavy atom. The van der Waals surface area contributed by atoms with E-state index in [2.05, 4.69) is 15.0 Å². The molecule has 1 unspecified atom stereocenters. The summed E-state index contributed by atoms with van der Waals surface area (Å²) in [6.07, 6.45) is 0. The Kier molecular flexibility index (Phi) is 9.31. The van der Waals surface area contributed by atoms with Crippen molar-refractivity contribution in [1.82, 2.24) is 33.2 Å². The van der Waals surface area contributed by atoms with Gasteiger partial charge >= 0.3 is 0 Å². The van der Waals surface area contributed by atoms with E-state index in [1.807, 2.05) is 0 Å². The van der Waals surface area contributed by atoms with E-state index in [-0.39, 0.29) is 48.9 Å². The molecular weight excluding hydrogens is 1840 g/mol. The molecule has 7 nitrogen and oxygen atoms in total. The van der Waals surface area contributed by atoms with Crippen LogP contribution in [0.3, 0.4) is 0 Å². The Labute approximate surface area is 990 Å². The molecule has 6 heterocycles. The van der Waals surface area contributed by atoms with E-state index in [1.54, 1.807) is 0 Å². The van der Waals surface area contributed by atoms with Crippen LogP contribution < -0.4 is 41.5 Å². The average molecular weight is 2030 g/mol. The molecule has 0 aliphatic carbocycles. The van der Waals surface area contributed by atoms with Gasteiger partial charge in [-0.25, -0.2) is 15.0 Å². The van der Waals surface area contributed by atoms with E-state index < -0.39 is 750 Å². The summed E-state index contributed by atoms with van der Waals surface area (Å²) in [5, 5.41) is -13.6. The maximum Gasteiger partial charge on any atom is 0.179 e. The van der Waals surface area contributed by atoms with Gasteiger partial charge in [-0.05, 0) is 199 Å². The molecule has 0 bridgehead atoms. The highest BCUT2D eigenvalue weighted by Gasteiger charge is 2.44. The lowest BCUT2D eigenvalue weighted by molar-refractivity contribution is 1.07. The second-order valence-corrected chi connectivity index (χ2v) is 39.7. The number of hydrogen-bond acceptors (Lipinski definition) is 4. The predicted octanol–water partition coefficient (Wildman–Crippen LogP) is 30.0. The highest BCUT2D eigenvalue weighted by Crippen LogP contribution is 2.45. The topological polar surface area (TPSA) is 58.4 Å². The first kappa shape index (κ1) is 36.2. The molecule has 0 fully saturated rings. The van der Waals surface area contributed by atoms with Gasteiger partial charge in [0.1, 0.15) is 0 Å². The molecule has 10 heteroatoms. The summed E-state index contributed by atoms with van der Waals surface area (Å²) in [5.41, 5.74) is -15.5. The van der Waals surface area contributed by atoms with E-state index in [0.29, 0.717) is 19.8 Å². The summed E-state index contributed by atoms with van der Waals surface area (Å²) < 4.78 is 812. The van der Waals surface area contributed by atoms with Gasteiger partial charge in [-0.15, -0.1) is 11.3 Å². The van der Waals surface area contributed by atoms with Crippen LogP contribution in [-0.4, -0.2) is 49.4 Å². The van der Waals surface area contributed by atoms with Crippen molar-refractivity contribution in [3.63, 3.8) is 0 Å². The van der Waals surface area contributed by atoms with Crippen LogP contribution in [-0.2, 0) is 0 Å². The van der Waals surface area contributed by atoms with E-state index in [0.717, 1.165) is 22.8 Å². The zero-order valence-corrected chi connectivity index (χ0v) is 77.9. The minimum absolute atomic E-state index is 0.0497. The van der Waals surface area contributed by atoms with Crippen molar-refractivity contribution < 1.29 is 122 Å². The Hall–Kier alpha value is -18.3. The number of aromatic nitrogens is 7. The van der Waals surface area contributed by atoms with Gasteiger partial charge in [0, 0.05) is 103 Å². The molecule has 148 heavy (non-hydrogen) atoms. The van der Waals surface area contributed by atoms with Crippen molar-refractivity contribution in [3.05, 3.63) is 561 Å². The van der Waals surface area contributed by atoms with Gasteiger partial charge in [0.15, 0.2) is 33.6 Å². The Bertz CT molecular complexity index is 15200. The van der Waals surface area contributed by atoms with Crippen LogP contribution in [0.5, 0.6) is 0 Å². The third-order valence-corrected chi connectivity index (χ3v) is 32.5. The Balaban J connectivity index is 0.000000162. The van der Waals surface area contributed by atoms with Gasteiger partial charge in [0.25, 0.3) is 0 Å². The second kappa shape index (κ2) is 38.1. The zero-order chi connectivity index (χ0) is 176. The van der Waals surface area contributed by atoms with E-state index in [1.165, 1.54) is 13.8 Å². The molecule has 28 aromatic rings. The van der Waals surface area contributed by atoms with E-state index in [4.69, 9.17) is 72.7 Å². The quantitative estimate of drug-likeness (QED) is 0.0674. The molecule has 700 valence electrons. The van der Waals surface area contributed by atoms with Crippen molar-refractivity contribution in [2.75, 3.05) is 0 Å². The van der Waals surface area contributed by atoms with Crippen molar-refractivity contribution in [2.45, 2.75) is 20.8 Å². The van der Waals surface area contributed by atoms with Gasteiger partial charge in [0.05, 0.1) is 166 Å². The van der Waals surface area contributed by atoms with Crippen LogP contribution >= 0.6 is 11.3 Å². The van der Waals surface area contributed by atoms with Crippen LogP contribution in [0.25, 0.3) is 187 Å². The molecule has 1 atom stereocenters. The van der Waals surface area contributed by atoms with Crippen molar-refractivity contribution in [1.29, 1.82) is 0 Å². The molecule has 28 rings (SSSR count). The first-order valence-corrected chi connectivity index (χ1v) is 48.3. The summed E-state index contributed by atoms with van der Waals surface area (Å²) in [5.74, 6) is -2.82. The van der Waals surface area contributed by atoms with Gasteiger partial charge in [0.2, 0.25) is 0 Å². The lowest BCUT2D eigenvalue weighted by atomic mass is 9.97. The maximum atomic E-state index is 10.5. The van der Waals surface area contributed by atoms with Crippen LogP contribution in [0.2, 0.25) is 0 Å². The third kappa shape index (κ3) is 15.8. The number of thiophene rings is 1. The number of nitrogens with zero attached hydrogens (tertiary/aromatic N) is 7. The highest BCUT2D eigenvalue weighted by atomic mass is 32.1. The fourth-order valence-electron chi connectivity index (χ4n) is 17.0. The lowest BCUT2D eigenvalue weighted by Gasteiger charge is -2.34. The van der Waals surface area contributed by atoms with E-state index in [9.17, 15) is 49.3 Å². The summed E-state index contributed by atoms with van der Waals surface area (Å²) in [6.45, 7) is 3.75. The molecule has 0 radical (unpaired) electrons. The highest BCUT2D eigenvalue weighted by molar-refractivity contribution is 7.26.